The topological polar surface area (TPSA) is 84.5 Å². The highest BCUT2D eigenvalue weighted by atomic mass is 19.1. The molecule has 2 N–H and O–H groups in total. The standard InChI is InChI=1S/C22H27FN2O4/c1-13(20(27)25-18-5-3-2-4-17(18)23)29-19(26)12-24-21(28)22-9-14-6-15(10-22)8-16(7-14)11-22/h2-5,13-16H,6-12H2,1H3,(H,24,28)(H,25,27). The van der Waals surface area contributed by atoms with Gasteiger partial charge in [-0.05, 0) is 75.3 Å². The van der Waals surface area contributed by atoms with E-state index < -0.39 is 23.8 Å². The lowest BCUT2D eigenvalue weighted by molar-refractivity contribution is -0.155. The molecule has 0 aliphatic heterocycles. The Bertz CT molecular complexity index is 790. The zero-order valence-corrected chi connectivity index (χ0v) is 16.6. The quantitative estimate of drug-likeness (QED) is 0.717. The van der Waals surface area contributed by atoms with E-state index in [9.17, 15) is 18.8 Å². The van der Waals surface area contributed by atoms with Crippen LogP contribution in [-0.2, 0) is 19.1 Å². The summed E-state index contributed by atoms with van der Waals surface area (Å²) >= 11 is 0. The van der Waals surface area contributed by atoms with Gasteiger partial charge in [0.05, 0.1) is 5.69 Å². The molecule has 0 radical (unpaired) electrons. The van der Waals surface area contributed by atoms with E-state index in [2.05, 4.69) is 10.6 Å². The van der Waals surface area contributed by atoms with Crippen molar-refractivity contribution in [3.05, 3.63) is 30.1 Å². The molecule has 156 valence electrons. The molecule has 2 amide bonds. The van der Waals surface area contributed by atoms with Crippen LogP contribution in [0.15, 0.2) is 24.3 Å². The Balaban J connectivity index is 1.26. The summed E-state index contributed by atoms with van der Waals surface area (Å²) in [7, 11) is 0. The summed E-state index contributed by atoms with van der Waals surface area (Å²) < 4.78 is 18.7. The SMILES string of the molecule is CC(OC(=O)CNC(=O)C12CC3CC(CC(C3)C1)C2)C(=O)Nc1ccccc1F. The molecule has 4 bridgehead atoms. The Kier molecular flexibility index (Phi) is 5.32. The van der Waals surface area contributed by atoms with Crippen LogP contribution in [0.3, 0.4) is 0 Å². The van der Waals surface area contributed by atoms with Crippen molar-refractivity contribution >= 4 is 23.5 Å². The average molecular weight is 402 g/mol. The first-order valence-corrected chi connectivity index (χ1v) is 10.4. The smallest absolute Gasteiger partial charge is 0.326 e. The maximum absolute atomic E-state index is 13.6. The fourth-order valence-electron chi connectivity index (χ4n) is 5.82. The fraction of sp³-hybridized carbons (Fsp3) is 0.591. The van der Waals surface area contributed by atoms with Gasteiger partial charge in [0, 0.05) is 5.41 Å². The first kappa shape index (κ1) is 19.9. The number of carbonyl (C=O) groups is 3. The number of anilines is 1. The van der Waals surface area contributed by atoms with Gasteiger partial charge in [0.15, 0.2) is 6.10 Å². The lowest BCUT2D eigenvalue weighted by Crippen LogP contribution is -2.54. The Morgan fingerprint density at radius 2 is 1.69 bits per heavy atom. The van der Waals surface area contributed by atoms with Crippen molar-refractivity contribution in [1.29, 1.82) is 0 Å². The molecule has 1 aromatic carbocycles. The predicted molar refractivity (Wildman–Crippen MR) is 104 cm³/mol. The van der Waals surface area contributed by atoms with E-state index in [1.165, 1.54) is 44.4 Å². The van der Waals surface area contributed by atoms with Gasteiger partial charge in [-0.1, -0.05) is 12.1 Å². The molecule has 0 heterocycles. The second kappa shape index (κ2) is 7.76. The maximum Gasteiger partial charge on any atom is 0.326 e. The molecular formula is C22H27FN2O4. The largest absolute Gasteiger partial charge is 0.451 e. The van der Waals surface area contributed by atoms with Gasteiger partial charge >= 0.3 is 5.97 Å². The second-order valence-corrected chi connectivity index (χ2v) is 8.98. The van der Waals surface area contributed by atoms with Gasteiger partial charge < -0.3 is 15.4 Å². The van der Waals surface area contributed by atoms with Crippen LogP contribution in [0, 0.1) is 29.0 Å². The summed E-state index contributed by atoms with van der Waals surface area (Å²) in [6, 6.07) is 5.76. The molecule has 4 aliphatic carbocycles. The van der Waals surface area contributed by atoms with Crippen molar-refractivity contribution in [3.8, 4) is 0 Å². The Labute approximate surface area is 169 Å². The minimum atomic E-state index is -1.10. The van der Waals surface area contributed by atoms with Gasteiger partial charge in [-0.2, -0.15) is 0 Å². The molecule has 29 heavy (non-hydrogen) atoms. The zero-order chi connectivity index (χ0) is 20.6. The summed E-state index contributed by atoms with van der Waals surface area (Å²) in [6.07, 6.45) is 5.37. The Morgan fingerprint density at radius 1 is 1.10 bits per heavy atom. The third-order valence-corrected chi connectivity index (χ3v) is 6.72. The molecule has 1 aromatic rings. The van der Waals surface area contributed by atoms with Crippen LogP contribution < -0.4 is 10.6 Å². The van der Waals surface area contributed by atoms with Gasteiger partial charge in [-0.25, -0.2) is 4.39 Å². The van der Waals surface area contributed by atoms with Crippen LogP contribution in [0.5, 0.6) is 0 Å². The number of hydrogen-bond donors (Lipinski definition) is 2. The highest BCUT2D eigenvalue weighted by molar-refractivity contribution is 5.95. The number of ether oxygens (including phenoxy) is 1. The molecule has 0 aromatic heterocycles. The van der Waals surface area contributed by atoms with Gasteiger partial charge in [0.1, 0.15) is 12.4 Å². The number of rotatable bonds is 6. The van der Waals surface area contributed by atoms with E-state index in [0.717, 1.165) is 19.3 Å². The normalized spacial score (nSPS) is 30.5. The molecule has 4 aliphatic rings. The lowest BCUT2D eigenvalue weighted by Gasteiger charge is -2.55. The molecule has 1 atom stereocenters. The summed E-state index contributed by atoms with van der Waals surface area (Å²) in [4.78, 5) is 37.1. The third kappa shape index (κ3) is 4.14. The van der Waals surface area contributed by atoms with Crippen LogP contribution >= 0.6 is 0 Å². The average Bonchev–Trinajstić information content (AvgIpc) is 2.66. The van der Waals surface area contributed by atoms with Crippen LogP contribution in [0.2, 0.25) is 0 Å². The van der Waals surface area contributed by atoms with E-state index in [1.807, 2.05) is 0 Å². The molecule has 7 heteroatoms. The van der Waals surface area contributed by atoms with Crippen LogP contribution in [0.25, 0.3) is 0 Å². The fourth-order valence-corrected chi connectivity index (χ4v) is 5.82. The van der Waals surface area contributed by atoms with E-state index in [-0.39, 0.29) is 23.6 Å². The first-order chi connectivity index (χ1) is 13.8. The van der Waals surface area contributed by atoms with E-state index in [0.29, 0.717) is 17.8 Å². The van der Waals surface area contributed by atoms with Crippen molar-refractivity contribution in [2.45, 2.75) is 51.6 Å². The summed E-state index contributed by atoms with van der Waals surface area (Å²) in [6.45, 7) is 1.15. The van der Waals surface area contributed by atoms with Gasteiger partial charge in [-0.15, -0.1) is 0 Å². The number of esters is 1. The second-order valence-electron chi connectivity index (χ2n) is 8.98. The van der Waals surface area contributed by atoms with Crippen molar-refractivity contribution in [2.75, 3.05) is 11.9 Å². The van der Waals surface area contributed by atoms with Crippen LogP contribution in [0.4, 0.5) is 10.1 Å². The molecule has 5 rings (SSSR count). The molecule has 0 saturated heterocycles. The van der Waals surface area contributed by atoms with Crippen molar-refractivity contribution < 1.29 is 23.5 Å². The van der Waals surface area contributed by atoms with Crippen molar-refractivity contribution in [1.82, 2.24) is 5.32 Å². The number of amides is 2. The van der Waals surface area contributed by atoms with Gasteiger partial charge in [0.2, 0.25) is 5.91 Å². The highest BCUT2D eigenvalue weighted by Crippen LogP contribution is 2.60. The van der Waals surface area contributed by atoms with Crippen LogP contribution in [0.1, 0.15) is 45.4 Å². The minimum Gasteiger partial charge on any atom is -0.451 e. The Hall–Kier alpha value is -2.44. The molecular weight excluding hydrogens is 375 g/mol. The summed E-state index contributed by atoms with van der Waals surface area (Å²) in [5.41, 5.74) is -0.307. The monoisotopic (exact) mass is 402 g/mol. The molecule has 4 fully saturated rings. The van der Waals surface area contributed by atoms with Crippen LogP contribution in [-0.4, -0.2) is 30.4 Å². The van der Waals surface area contributed by atoms with Gasteiger partial charge in [0.25, 0.3) is 5.91 Å². The zero-order valence-electron chi connectivity index (χ0n) is 16.6. The number of benzene rings is 1. The molecule has 0 spiro atoms. The van der Waals surface area contributed by atoms with E-state index >= 15 is 0 Å². The summed E-state index contributed by atoms with van der Waals surface area (Å²) in [5.74, 6) is -0.0162. The first-order valence-electron chi connectivity index (χ1n) is 10.4. The number of carbonyl (C=O) groups excluding carboxylic acids is 3. The summed E-state index contributed by atoms with van der Waals surface area (Å²) in [5, 5.41) is 5.13. The number of para-hydroxylation sites is 1. The molecule has 6 nitrogen and oxygen atoms in total. The minimum absolute atomic E-state index is 0.0236. The van der Waals surface area contributed by atoms with Crippen molar-refractivity contribution in [3.63, 3.8) is 0 Å². The number of nitrogens with one attached hydrogen (secondary N) is 2. The maximum atomic E-state index is 13.6. The highest BCUT2D eigenvalue weighted by Gasteiger charge is 2.54. The van der Waals surface area contributed by atoms with E-state index in [4.69, 9.17) is 4.74 Å². The van der Waals surface area contributed by atoms with E-state index in [1.54, 1.807) is 6.07 Å². The lowest BCUT2D eigenvalue weighted by atomic mass is 9.49. The molecule has 1 unspecified atom stereocenters. The van der Waals surface area contributed by atoms with Gasteiger partial charge in [-0.3, -0.25) is 14.4 Å². The molecule has 4 saturated carbocycles. The third-order valence-electron chi connectivity index (χ3n) is 6.72. The number of halogens is 1. The number of hydrogen-bond acceptors (Lipinski definition) is 4. The Morgan fingerprint density at radius 3 is 2.28 bits per heavy atom. The predicted octanol–water partition coefficient (Wildman–Crippen LogP) is 3.03. The van der Waals surface area contributed by atoms with Crippen molar-refractivity contribution in [2.24, 2.45) is 23.2 Å².